The van der Waals surface area contributed by atoms with Crippen molar-refractivity contribution in [2.75, 3.05) is 13.6 Å². The van der Waals surface area contributed by atoms with Gasteiger partial charge in [0.25, 0.3) is 0 Å². The lowest BCUT2D eigenvalue weighted by Gasteiger charge is -2.11. The van der Waals surface area contributed by atoms with Crippen LogP contribution in [0, 0.1) is 0 Å². The van der Waals surface area contributed by atoms with Gasteiger partial charge in [0.15, 0.2) is 5.82 Å². The number of nitrogens with zero attached hydrogens (tertiary/aromatic N) is 3. The van der Waals surface area contributed by atoms with Gasteiger partial charge in [0, 0.05) is 25.4 Å². The Morgan fingerprint density at radius 2 is 2.04 bits per heavy atom. The largest absolute Gasteiger partial charge is 0.416 e. The molecule has 0 N–H and O–H groups in total. The number of pyridine rings is 1. The van der Waals surface area contributed by atoms with E-state index in [4.69, 9.17) is 11.6 Å². The molecule has 0 aliphatic carbocycles. The second-order valence-corrected chi connectivity index (χ2v) is 5.36. The summed E-state index contributed by atoms with van der Waals surface area (Å²) in [6.07, 6.45) is -1.42. The molecule has 0 amide bonds. The summed E-state index contributed by atoms with van der Waals surface area (Å²) in [6.45, 7) is 2.70. The molecule has 122 valence electrons. The van der Waals surface area contributed by atoms with E-state index >= 15 is 0 Å². The van der Waals surface area contributed by atoms with Crippen molar-refractivity contribution in [3.63, 3.8) is 0 Å². The van der Waals surface area contributed by atoms with Gasteiger partial charge in [0.05, 0.1) is 16.9 Å². The third-order valence-corrected chi connectivity index (χ3v) is 3.42. The molecule has 1 aromatic carbocycles. The average Bonchev–Trinajstić information content (AvgIpc) is 2.52. The Labute approximate surface area is 137 Å². The quantitative estimate of drug-likeness (QED) is 0.576. The summed E-state index contributed by atoms with van der Waals surface area (Å²) in [4.78, 5) is 10.2. The second-order valence-electron chi connectivity index (χ2n) is 4.92. The van der Waals surface area contributed by atoms with Crippen LogP contribution in [0.5, 0.6) is 0 Å². The molecule has 0 bridgehead atoms. The van der Waals surface area contributed by atoms with Crippen molar-refractivity contribution in [2.45, 2.75) is 13.1 Å². The minimum Gasteiger partial charge on any atom is -0.366 e. The monoisotopic (exact) mass is 341 g/mol. The maximum absolute atomic E-state index is 12.9. The molecule has 7 heteroatoms. The van der Waals surface area contributed by atoms with Crippen LogP contribution >= 0.6 is 11.6 Å². The molecule has 2 rings (SSSR count). The first kappa shape index (κ1) is 17.3. The summed E-state index contributed by atoms with van der Waals surface area (Å²) in [5.74, 6) is 0.314. The van der Waals surface area contributed by atoms with Crippen LogP contribution in [-0.4, -0.2) is 29.8 Å². The van der Waals surface area contributed by atoms with Crippen LogP contribution in [0.15, 0.2) is 41.5 Å². The van der Waals surface area contributed by atoms with E-state index in [1.165, 1.54) is 12.3 Å². The molecule has 0 fully saturated rings. The first-order chi connectivity index (χ1) is 10.8. The van der Waals surface area contributed by atoms with Crippen LogP contribution in [-0.2, 0) is 6.18 Å². The summed E-state index contributed by atoms with van der Waals surface area (Å²) < 4.78 is 38.7. The second kappa shape index (κ2) is 7.00. The lowest BCUT2D eigenvalue weighted by molar-refractivity contribution is -0.137. The standard InChI is InChI=1S/C16H15ClF3N3/c1-3-23(2)10-22-15-14(8-13(17)9-21-15)11-5-4-6-12(7-11)16(18,19)20/h4-10H,3H2,1-2H3/b22-10+. The first-order valence-corrected chi connectivity index (χ1v) is 7.26. The SMILES string of the molecule is CCN(C)/C=N/c1ncc(Cl)cc1-c1cccc(C(F)(F)F)c1. The first-order valence-electron chi connectivity index (χ1n) is 6.89. The van der Waals surface area contributed by atoms with Gasteiger partial charge in [-0.05, 0) is 30.7 Å². The fraction of sp³-hybridized carbons (Fsp3) is 0.250. The van der Waals surface area contributed by atoms with Gasteiger partial charge in [0.1, 0.15) is 0 Å². The van der Waals surface area contributed by atoms with E-state index in [1.807, 2.05) is 18.9 Å². The summed E-state index contributed by atoms with van der Waals surface area (Å²) in [7, 11) is 1.84. The summed E-state index contributed by atoms with van der Waals surface area (Å²) in [6, 6.07) is 6.57. The van der Waals surface area contributed by atoms with Crippen molar-refractivity contribution in [3.05, 3.63) is 47.1 Å². The van der Waals surface area contributed by atoms with Crippen LogP contribution in [0.1, 0.15) is 12.5 Å². The molecule has 2 aromatic rings. The van der Waals surface area contributed by atoms with Gasteiger partial charge in [-0.15, -0.1) is 0 Å². The van der Waals surface area contributed by atoms with Crippen molar-refractivity contribution >= 4 is 23.8 Å². The van der Waals surface area contributed by atoms with Gasteiger partial charge in [0.2, 0.25) is 0 Å². The topological polar surface area (TPSA) is 28.5 Å². The van der Waals surface area contributed by atoms with Crippen molar-refractivity contribution in [1.82, 2.24) is 9.88 Å². The zero-order valence-corrected chi connectivity index (χ0v) is 13.4. The van der Waals surface area contributed by atoms with Gasteiger partial charge in [-0.2, -0.15) is 13.2 Å². The van der Waals surface area contributed by atoms with Gasteiger partial charge in [-0.25, -0.2) is 9.98 Å². The number of alkyl halides is 3. The molecule has 0 aliphatic rings. The highest BCUT2D eigenvalue weighted by Gasteiger charge is 2.30. The zero-order valence-electron chi connectivity index (χ0n) is 12.6. The average molecular weight is 342 g/mol. The van der Waals surface area contributed by atoms with E-state index in [9.17, 15) is 13.2 Å². The van der Waals surface area contributed by atoms with Crippen molar-refractivity contribution in [2.24, 2.45) is 4.99 Å². The Morgan fingerprint density at radius 1 is 1.30 bits per heavy atom. The Bertz CT molecular complexity index is 714. The molecule has 0 saturated carbocycles. The molecule has 0 unspecified atom stereocenters. The lowest BCUT2D eigenvalue weighted by Crippen LogP contribution is -2.14. The molecule has 0 radical (unpaired) electrons. The molecule has 0 saturated heterocycles. The normalized spacial score (nSPS) is 11.9. The van der Waals surface area contributed by atoms with Crippen LogP contribution < -0.4 is 0 Å². The Morgan fingerprint density at radius 3 is 2.70 bits per heavy atom. The third-order valence-electron chi connectivity index (χ3n) is 3.21. The maximum atomic E-state index is 12.9. The number of hydrogen-bond donors (Lipinski definition) is 0. The zero-order chi connectivity index (χ0) is 17.0. The molecule has 0 atom stereocenters. The van der Waals surface area contributed by atoms with Gasteiger partial charge < -0.3 is 4.90 Å². The molecule has 1 aromatic heterocycles. The Hall–Kier alpha value is -2.08. The number of rotatable bonds is 4. The number of hydrogen-bond acceptors (Lipinski definition) is 2. The number of halogens is 4. The highest BCUT2D eigenvalue weighted by Crippen LogP contribution is 2.35. The minimum absolute atomic E-state index is 0.314. The van der Waals surface area contributed by atoms with E-state index in [-0.39, 0.29) is 0 Å². The predicted molar refractivity (Wildman–Crippen MR) is 86.1 cm³/mol. The number of benzene rings is 1. The molecule has 1 heterocycles. The fourth-order valence-corrected chi connectivity index (χ4v) is 2.00. The number of aliphatic imine (C=N–C) groups is 1. The van der Waals surface area contributed by atoms with E-state index < -0.39 is 11.7 Å². The van der Waals surface area contributed by atoms with Crippen LogP contribution in [0.25, 0.3) is 11.1 Å². The lowest BCUT2D eigenvalue weighted by atomic mass is 10.0. The van der Waals surface area contributed by atoms with Crippen molar-refractivity contribution in [3.8, 4) is 11.1 Å². The molecule has 0 aliphatic heterocycles. The highest BCUT2D eigenvalue weighted by molar-refractivity contribution is 6.30. The highest BCUT2D eigenvalue weighted by atomic mass is 35.5. The van der Waals surface area contributed by atoms with Gasteiger partial charge >= 0.3 is 6.18 Å². The summed E-state index contributed by atoms with van der Waals surface area (Å²) in [5, 5.41) is 0.334. The smallest absolute Gasteiger partial charge is 0.366 e. The predicted octanol–water partition coefficient (Wildman–Crippen LogP) is 5.03. The summed E-state index contributed by atoms with van der Waals surface area (Å²) >= 11 is 5.94. The molecule has 0 spiro atoms. The number of aromatic nitrogens is 1. The van der Waals surface area contributed by atoms with Crippen LogP contribution in [0.4, 0.5) is 19.0 Å². The van der Waals surface area contributed by atoms with Crippen LogP contribution in [0.3, 0.4) is 0 Å². The molecular weight excluding hydrogens is 327 g/mol. The molecular formula is C16H15ClF3N3. The third kappa shape index (κ3) is 4.45. The molecule has 3 nitrogen and oxygen atoms in total. The van der Waals surface area contributed by atoms with Crippen molar-refractivity contribution < 1.29 is 13.2 Å². The van der Waals surface area contributed by atoms with E-state index in [1.54, 1.807) is 18.5 Å². The van der Waals surface area contributed by atoms with E-state index in [0.29, 0.717) is 22.0 Å². The Balaban J connectivity index is 2.50. The Kier molecular flexibility index (Phi) is 5.26. The van der Waals surface area contributed by atoms with Crippen molar-refractivity contribution in [1.29, 1.82) is 0 Å². The van der Waals surface area contributed by atoms with E-state index in [2.05, 4.69) is 9.98 Å². The van der Waals surface area contributed by atoms with Gasteiger partial charge in [-0.1, -0.05) is 23.7 Å². The molecule has 23 heavy (non-hydrogen) atoms. The van der Waals surface area contributed by atoms with E-state index in [0.717, 1.165) is 18.7 Å². The fourth-order valence-electron chi connectivity index (χ4n) is 1.85. The maximum Gasteiger partial charge on any atom is 0.416 e. The minimum atomic E-state index is -4.41. The summed E-state index contributed by atoms with van der Waals surface area (Å²) in [5.41, 5.74) is 0.0843. The van der Waals surface area contributed by atoms with Gasteiger partial charge in [-0.3, -0.25) is 0 Å². The van der Waals surface area contributed by atoms with Crippen LogP contribution in [0.2, 0.25) is 5.02 Å².